The van der Waals surface area contributed by atoms with E-state index in [1.165, 1.54) is 13.2 Å². The molecule has 6 nitrogen and oxygen atoms in total. The predicted octanol–water partition coefficient (Wildman–Crippen LogP) is 6.94. The van der Waals surface area contributed by atoms with Crippen molar-refractivity contribution >= 4 is 46.4 Å². The number of rotatable bonds is 10. The van der Waals surface area contributed by atoms with Crippen LogP contribution in [0.3, 0.4) is 0 Å². The van der Waals surface area contributed by atoms with Crippen molar-refractivity contribution < 1.29 is 13.9 Å². The summed E-state index contributed by atoms with van der Waals surface area (Å²) < 4.78 is 18.8. The number of imidazole rings is 1. The molecule has 184 valence electrons. The fraction of sp³-hybridized carbons (Fsp3) is 0.333. The Bertz CT molecular complexity index is 1070. The number of carbonyl (C=O) groups excluding carboxylic acids is 1. The van der Waals surface area contributed by atoms with Gasteiger partial charge in [-0.15, -0.1) is 12.8 Å². The standard InChI is InChI=1S/C24H26BrClFN3O2.H3NS/c1-32-24(31)28-12-6-4-2-3-5-7-16-13-18(9-11-20(16)26)23-29-15-22(30-23)17-8-10-19(25)21(27)14-17;1-2/h8-11,13-15H,2-7,12H2,1H3,(H,28,31)(H,29,30);2H,1H2. The predicted molar refractivity (Wildman–Crippen MR) is 142 cm³/mol. The van der Waals surface area contributed by atoms with E-state index in [0.29, 0.717) is 11.0 Å². The Morgan fingerprint density at radius 2 is 1.85 bits per heavy atom. The van der Waals surface area contributed by atoms with E-state index in [1.807, 2.05) is 18.2 Å². The monoisotopic (exact) mass is 570 g/mol. The molecule has 0 aliphatic rings. The van der Waals surface area contributed by atoms with Crippen molar-refractivity contribution in [2.45, 2.75) is 38.5 Å². The highest BCUT2D eigenvalue weighted by atomic mass is 79.9. The Balaban J connectivity index is 0.00000199. The number of hydrogen-bond donors (Lipinski definition) is 4. The lowest BCUT2D eigenvalue weighted by molar-refractivity contribution is 0.171. The van der Waals surface area contributed by atoms with Gasteiger partial charge in [-0.3, -0.25) is 5.14 Å². The molecule has 3 rings (SSSR count). The fourth-order valence-electron chi connectivity index (χ4n) is 3.43. The van der Waals surface area contributed by atoms with Crippen molar-refractivity contribution in [3.8, 4) is 22.6 Å². The first-order valence-corrected chi connectivity index (χ1v) is 12.5. The number of aryl methyl sites for hydroxylation is 1. The van der Waals surface area contributed by atoms with Crippen molar-refractivity contribution in [3.63, 3.8) is 0 Å². The highest BCUT2D eigenvalue weighted by Crippen LogP contribution is 2.28. The van der Waals surface area contributed by atoms with Gasteiger partial charge in [0.15, 0.2) is 0 Å². The third kappa shape index (κ3) is 8.61. The second-order valence-corrected chi connectivity index (χ2v) is 8.78. The van der Waals surface area contributed by atoms with Gasteiger partial charge in [0.05, 0.1) is 23.5 Å². The van der Waals surface area contributed by atoms with Crippen LogP contribution in [-0.4, -0.2) is 29.7 Å². The lowest BCUT2D eigenvalue weighted by atomic mass is 10.0. The second-order valence-electron chi connectivity index (χ2n) is 7.52. The quantitative estimate of drug-likeness (QED) is 0.157. The maximum atomic E-state index is 13.9. The minimum atomic E-state index is -0.382. The Morgan fingerprint density at radius 3 is 2.59 bits per heavy atom. The van der Waals surface area contributed by atoms with E-state index in [0.717, 1.165) is 71.8 Å². The zero-order valence-corrected chi connectivity index (χ0v) is 22.1. The number of aromatic nitrogens is 2. The molecule has 2 aromatic carbocycles. The number of aromatic amines is 1. The maximum absolute atomic E-state index is 13.9. The molecule has 4 N–H and O–H groups in total. The third-order valence-electron chi connectivity index (χ3n) is 5.20. The number of alkyl carbamates (subject to hydrolysis) is 1. The first-order chi connectivity index (χ1) is 16.5. The normalized spacial score (nSPS) is 10.4. The summed E-state index contributed by atoms with van der Waals surface area (Å²) in [5.74, 6) is 0.409. The van der Waals surface area contributed by atoms with Gasteiger partial charge in [-0.2, -0.15) is 0 Å². The Morgan fingerprint density at radius 1 is 1.15 bits per heavy atom. The number of unbranched alkanes of at least 4 members (excludes halogenated alkanes) is 4. The van der Waals surface area contributed by atoms with Crippen molar-refractivity contribution in [1.82, 2.24) is 15.3 Å². The van der Waals surface area contributed by atoms with Gasteiger partial charge in [0.2, 0.25) is 0 Å². The van der Waals surface area contributed by atoms with E-state index in [1.54, 1.807) is 12.3 Å². The van der Waals surface area contributed by atoms with Gasteiger partial charge in [-0.05, 0) is 71.1 Å². The van der Waals surface area contributed by atoms with E-state index in [9.17, 15) is 9.18 Å². The number of carbonyl (C=O) groups is 1. The molecule has 1 heterocycles. The summed E-state index contributed by atoms with van der Waals surface area (Å²) in [7, 11) is 1.36. The Hall–Kier alpha value is -2.07. The second kappa shape index (κ2) is 15.0. The molecule has 0 aliphatic carbocycles. The number of ether oxygens (including phenoxy) is 1. The van der Waals surface area contributed by atoms with Crippen molar-refractivity contribution in [2.24, 2.45) is 5.14 Å². The van der Waals surface area contributed by atoms with Crippen molar-refractivity contribution in [2.75, 3.05) is 13.7 Å². The van der Waals surface area contributed by atoms with Gasteiger partial charge in [0.1, 0.15) is 11.6 Å². The minimum absolute atomic E-state index is 0.313. The summed E-state index contributed by atoms with van der Waals surface area (Å²) in [6, 6.07) is 10.9. The average Bonchev–Trinajstić information content (AvgIpc) is 3.35. The zero-order valence-electron chi connectivity index (χ0n) is 18.9. The molecule has 1 amide bonds. The molecule has 0 unspecified atom stereocenters. The molecular weight excluding hydrogens is 543 g/mol. The number of hydrogen-bond acceptors (Lipinski definition) is 5. The van der Waals surface area contributed by atoms with Crippen molar-refractivity contribution in [1.29, 1.82) is 0 Å². The molecular formula is C24H29BrClFN4O2S. The van der Waals surface area contributed by atoms with Crippen LogP contribution in [0, 0.1) is 5.82 Å². The molecule has 0 fully saturated rings. The number of nitrogens with one attached hydrogen (secondary N) is 2. The van der Waals surface area contributed by atoms with Crippen LogP contribution in [0.1, 0.15) is 37.7 Å². The number of amides is 1. The molecule has 0 saturated carbocycles. The summed E-state index contributed by atoms with van der Waals surface area (Å²) >= 11 is 12.6. The van der Waals surface area contributed by atoms with Gasteiger partial charge in [-0.25, -0.2) is 14.2 Å². The molecule has 10 heteroatoms. The van der Waals surface area contributed by atoms with Crippen LogP contribution in [0.4, 0.5) is 9.18 Å². The molecule has 0 spiro atoms. The van der Waals surface area contributed by atoms with E-state index in [2.05, 4.69) is 60.0 Å². The largest absolute Gasteiger partial charge is 0.453 e. The van der Waals surface area contributed by atoms with Crippen LogP contribution in [-0.2, 0) is 11.2 Å². The van der Waals surface area contributed by atoms with Gasteiger partial charge in [0, 0.05) is 22.7 Å². The first kappa shape index (κ1) is 28.2. The summed E-state index contributed by atoms with van der Waals surface area (Å²) in [4.78, 5) is 18.7. The fourth-order valence-corrected chi connectivity index (χ4v) is 3.88. The summed E-state index contributed by atoms with van der Waals surface area (Å²) in [6.07, 6.45) is 7.45. The SMILES string of the molecule is COC(=O)NCCCCCCCc1cc(-c2ncc(-c3ccc(Br)c(F)c3)[nH]2)ccc1Cl.NS. The number of benzene rings is 2. The highest BCUT2D eigenvalue weighted by molar-refractivity contribution is 9.10. The smallest absolute Gasteiger partial charge is 0.406 e. The summed E-state index contributed by atoms with van der Waals surface area (Å²) in [5, 5.41) is 7.63. The van der Waals surface area contributed by atoms with E-state index in [-0.39, 0.29) is 11.9 Å². The van der Waals surface area contributed by atoms with E-state index >= 15 is 0 Å². The van der Waals surface area contributed by atoms with E-state index < -0.39 is 0 Å². The van der Waals surface area contributed by atoms with Crippen molar-refractivity contribution in [3.05, 3.63) is 63.5 Å². The van der Waals surface area contributed by atoms with Crippen LogP contribution < -0.4 is 10.5 Å². The van der Waals surface area contributed by atoms with Crippen LogP contribution >= 0.6 is 40.3 Å². The van der Waals surface area contributed by atoms with E-state index in [4.69, 9.17) is 11.6 Å². The number of nitrogens with two attached hydrogens (primary N) is 1. The Labute approximate surface area is 218 Å². The highest BCUT2D eigenvalue weighted by Gasteiger charge is 2.10. The van der Waals surface area contributed by atoms with Gasteiger partial charge in [-0.1, -0.05) is 36.9 Å². The van der Waals surface area contributed by atoms with Gasteiger partial charge >= 0.3 is 6.09 Å². The zero-order chi connectivity index (χ0) is 24.9. The lowest BCUT2D eigenvalue weighted by Crippen LogP contribution is -2.23. The molecule has 0 saturated heterocycles. The summed E-state index contributed by atoms with van der Waals surface area (Å²) in [6.45, 7) is 0.637. The molecule has 1 aromatic heterocycles. The van der Waals surface area contributed by atoms with Gasteiger partial charge in [0.25, 0.3) is 0 Å². The number of nitrogens with zero attached hydrogens (tertiary/aromatic N) is 1. The van der Waals surface area contributed by atoms with Gasteiger partial charge < -0.3 is 15.0 Å². The van der Waals surface area contributed by atoms with Crippen LogP contribution in [0.25, 0.3) is 22.6 Å². The molecule has 0 atom stereocenters. The average molecular weight is 572 g/mol. The van der Waals surface area contributed by atoms with Crippen LogP contribution in [0.15, 0.2) is 47.1 Å². The number of halogens is 3. The first-order valence-electron chi connectivity index (χ1n) is 10.8. The molecule has 0 aliphatic heterocycles. The number of methoxy groups -OCH3 is 1. The van der Waals surface area contributed by atoms with Crippen LogP contribution in [0.2, 0.25) is 5.02 Å². The molecule has 0 bridgehead atoms. The maximum Gasteiger partial charge on any atom is 0.406 e. The topological polar surface area (TPSA) is 93.0 Å². The minimum Gasteiger partial charge on any atom is -0.453 e. The Kier molecular flexibility index (Phi) is 12.5. The third-order valence-corrected chi connectivity index (χ3v) is 6.22. The summed E-state index contributed by atoms with van der Waals surface area (Å²) in [5.41, 5.74) is 3.52. The molecule has 34 heavy (non-hydrogen) atoms. The van der Waals surface area contributed by atoms with Crippen LogP contribution in [0.5, 0.6) is 0 Å². The lowest BCUT2D eigenvalue weighted by Gasteiger charge is -2.07. The molecule has 0 radical (unpaired) electrons. The number of thiol groups is 1. The molecule has 3 aromatic rings. The number of H-pyrrole nitrogens is 1.